The number of rotatable bonds is 4. The van der Waals surface area contributed by atoms with Gasteiger partial charge in [0, 0.05) is 16.6 Å². The summed E-state index contributed by atoms with van der Waals surface area (Å²) in [6.45, 7) is 0.232. The van der Waals surface area contributed by atoms with Crippen LogP contribution in [0.25, 0.3) is 0 Å². The van der Waals surface area contributed by atoms with E-state index in [4.69, 9.17) is 40.5 Å². The first kappa shape index (κ1) is 16.4. The maximum Gasteiger partial charge on any atom is 0.261 e. The van der Waals surface area contributed by atoms with E-state index in [1.165, 1.54) is 30.3 Å². The average molecular weight is 366 g/mol. The lowest BCUT2D eigenvalue weighted by Gasteiger charge is -2.11. The molecule has 0 heterocycles. The number of anilines is 1. The van der Waals surface area contributed by atoms with Crippen molar-refractivity contribution >= 4 is 50.5 Å². The number of nitrogens with one attached hydrogen (secondary N) is 1. The van der Waals surface area contributed by atoms with Crippen molar-refractivity contribution < 1.29 is 8.42 Å². The topological polar surface area (TPSA) is 72.2 Å². The summed E-state index contributed by atoms with van der Waals surface area (Å²) in [6.07, 6.45) is 0. The van der Waals surface area contributed by atoms with Crippen molar-refractivity contribution in [3.05, 3.63) is 57.0 Å². The molecule has 21 heavy (non-hydrogen) atoms. The molecule has 0 aromatic heterocycles. The Morgan fingerprint density at radius 3 is 2.29 bits per heavy atom. The molecule has 0 aliphatic rings. The molecular weight excluding hydrogens is 355 g/mol. The van der Waals surface area contributed by atoms with Crippen LogP contribution in [0.1, 0.15) is 5.56 Å². The first-order valence-corrected chi connectivity index (χ1v) is 8.41. The molecule has 2 aromatic carbocycles. The van der Waals surface area contributed by atoms with E-state index >= 15 is 0 Å². The zero-order valence-electron chi connectivity index (χ0n) is 10.6. The SMILES string of the molecule is NCc1ccc(S(=O)(=O)Nc2ccc(Cl)cc2Cl)cc1Cl. The molecule has 4 nitrogen and oxygen atoms in total. The fourth-order valence-electron chi connectivity index (χ4n) is 1.64. The predicted octanol–water partition coefficient (Wildman–Crippen LogP) is 3.91. The van der Waals surface area contributed by atoms with Crippen LogP contribution in [-0.4, -0.2) is 8.42 Å². The van der Waals surface area contributed by atoms with Gasteiger partial charge in [0.1, 0.15) is 0 Å². The summed E-state index contributed by atoms with van der Waals surface area (Å²) in [5.74, 6) is 0. The molecule has 0 amide bonds. The number of benzene rings is 2. The zero-order valence-corrected chi connectivity index (χ0v) is 13.7. The lowest BCUT2D eigenvalue weighted by Crippen LogP contribution is -2.13. The Balaban J connectivity index is 2.36. The van der Waals surface area contributed by atoms with Crippen molar-refractivity contribution in [2.24, 2.45) is 5.73 Å². The Hall–Kier alpha value is -0.980. The van der Waals surface area contributed by atoms with E-state index in [9.17, 15) is 8.42 Å². The Morgan fingerprint density at radius 1 is 1.00 bits per heavy atom. The zero-order chi connectivity index (χ0) is 15.6. The third-order valence-corrected chi connectivity index (χ3v) is 4.99. The second-order valence-electron chi connectivity index (χ2n) is 4.19. The van der Waals surface area contributed by atoms with Crippen LogP contribution >= 0.6 is 34.8 Å². The van der Waals surface area contributed by atoms with Gasteiger partial charge in [-0.05, 0) is 35.9 Å². The molecule has 112 valence electrons. The minimum Gasteiger partial charge on any atom is -0.326 e. The quantitative estimate of drug-likeness (QED) is 0.863. The van der Waals surface area contributed by atoms with Crippen molar-refractivity contribution in [2.75, 3.05) is 4.72 Å². The highest BCUT2D eigenvalue weighted by molar-refractivity contribution is 7.92. The molecule has 0 saturated carbocycles. The van der Waals surface area contributed by atoms with Gasteiger partial charge in [-0.1, -0.05) is 40.9 Å². The van der Waals surface area contributed by atoms with Crippen LogP contribution in [0.15, 0.2) is 41.3 Å². The minimum absolute atomic E-state index is 0.0238. The molecule has 0 saturated heterocycles. The lowest BCUT2D eigenvalue weighted by atomic mass is 10.2. The third kappa shape index (κ3) is 3.81. The number of nitrogens with two attached hydrogens (primary N) is 1. The molecule has 0 bridgehead atoms. The molecule has 3 N–H and O–H groups in total. The first-order chi connectivity index (χ1) is 9.83. The second kappa shape index (κ2) is 6.42. The monoisotopic (exact) mass is 364 g/mol. The van der Waals surface area contributed by atoms with Crippen LogP contribution in [0.4, 0.5) is 5.69 Å². The predicted molar refractivity (Wildman–Crippen MR) is 86.6 cm³/mol. The van der Waals surface area contributed by atoms with Crippen LogP contribution in [0.5, 0.6) is 0 Å². The van der Waals surface area contributed by atoms with E-state index in [-0.39, 0.29) is 22.2 Å². The van der Waals surface area contributed by atoms with Crippen LogP contribution in [-0.2, 0) is 16.6 Å². The molecule has 0 unspecified atom stereocenters. The summed E-state index contributed by atoms with van der Waals surface area (Å²) in [6, 6.07) is 8.82. The molecule has 8 heteroatoms. The van der Waals surface area contributed by atoms with E-state index < -0.39 is 10.0 Å². The van der Waals surface area contributed by atoms with E-state index in [1.807, 2.05) is 0 Å². The maximum absolute atomic E-state index is 12.3. The first-order valence-electron chi connectivity index (χ1n) is 5.80. The van der Waals surface area contributed by atoms with Crippen LogP contribution in [0.2, 0.25) is 15.1 Å². The van der Waals surface area contributed by atoms with Gasteiger partial charge in [-0.15, -0.1) is 0 Å². The highest BCUT2D eigenvalue weighted by atomic mass is 35.5. The molecule has 0 atom stereocenters. The summed E-state index contributed by atoms with van der Waals surface area (Å²) in [5.41, 5.74) is 6.39. The number of hydrogen-bond donors (Lipinski definition) is 2. The molecule has 0 aliphatic carbocycles. The van der Waals surface area contributed by atoms with Gasteiger partial charge < -0.3 is 5.73 Å². The van der Waals surface area contributed by atoms with Crippen LogP contribution < -0.4 is 10.5 Å². The van der Waals surface area contributed by atoms with Gasteiger partial charge in [0.25, 0.3) is 10.0 Å². The Morgan fingerprint density at radius 2 is 1.71 bits per heavy atom. The fraction of sp³-hybridized carbons (Fsp3) is 0.0769. The molecule has 2 aromatic rings. The molecular formula is C13H11Cl3N2O2S. The molecule has 0 spiro atoms. The minimum atomic E-state index is -3.80. The van der Waals surface area contributed by atoms with E-state index in [2.05, 4.69) is 4.72 Å². The van der Waals surface area contributed by atoms with Crippen molar-refractivity contribution in [1.82, 2.24) is 0 Å². The van der Waals surface area contributed by atoms with Crippen molar-refractivity contribution in [3.8, 4) is 0 Å². The number of hydrogen-bond acceptors (Lipinski definition) is 3. The molecule has 2 rings (SSSR count). The highest BCUT2D eigenvalue weighted by Gasteiger charge is 2.17. The second-order valence-corrected chi connectivity index (χ2v) is 7.12. The Bertz CT molecular complexity index is 779. The number of sulfonamides is 1. The van der Waals surface area contributed by atoms with Crippen molar-refractivity contribution in [2.45, 2.75) is 11.4 Å². The molecule has 0 aliphatic heterocycles. The van der Waals surface area contributed by atoms with Gasteiger partial charge in [0.15, 0.2) is 0 Å². The van der Waals surface area contributed by atoms with E-state index in [0.717, 1.165) is 0 Å². The smallest absolute Gasteiger partial charge is 0.261 e. The van der Waals surface area contributed by atoms with E-state index in [1.54, 1.807) is 6.07 Å². The summed E-state index contributed by atoms with van der Waals surface area (Å²) >= 11 is 17.7. The van der Waals surface area contributed by atoms with Gasteiger partial charge in [-0.2, -0.15) is 0 Å². The summed E-state index contributed by atoms with van der Waals surface area (Å²) in [4.78, 5) is 0.0238. The van der Waals surface area contributed by atoms with Crippen LogP contribution in [0, 0.1) is 0 Å². The fourth-order valence-corrected chi connectivity index (χ4v) is 3.58. The van der Waals surface area contributed by atoms with Gasteiger partial charge in [0.2, 0.25) is 0 Å². The van der Waals surface area contributed by atoms with Crippen molar-refractivity contribution in [3.63, 3.8) is 0 Å². The van der Waals surface area contributed by atoms with Gasteiger partial charge in [0.05, 0.1) is 15.6 Å². The van der Waals surface area contributed by atoms with E-state index in [0.29, 0.717) is 15.6 Å². The lowest BCUT2D eigenvalue weighted by molar-refractivity contribution is 0.601. The van der Waals surface area contributed by atoms with Gasteiger partial charge >= 0.3 is 0 Å². The van der Waals surface area contributed by atoms with Crippen LogP contribution in [0.3, 0.4) is 0 Å². The molecule has 0 fully saturated rings. The maximum atomic E-state index is 12.3. The largest absolute Gasteiger partial charge is 0.326 e. The third-order valence-electron chi connectivity index (χ3n) is 2.73. The molecule has 0 radical (unpaired) electrons. The highest BCUT2D eigenvalue weighted by Crippen LogP contribution is 2.28. The normalized spacial score (nSPS) is 11.4. The van der Waals surface area contributed by atoms with Gasteiger partial charge in [-0.3, -0.25) is 4.72 Å². The Kier molecular flexibility index (Phi) is 5.01. The van der Waals surface area contributed by atoms with Gasteiger partial charge in [-0.25, -0.2) is 8.42 Å². The summed E-state index contributed by atoms with van der Waals surface area (Å²) < 4.78 is 27.0. The van der Waals surface area contributed by atoms with Crippen molar-refractivity contribution in [1.29, 1.82) is 0 Å². The summed E-state index contributed by atoms with van der Waals surface area (Å²) in [7, 11) is -3.80. The average Bonchev–Trinajstić information content (AvgIpc) is 2.42. The standard InChI is InChI=1S/C13H11Cl3N2O2S/c14-9-2-4-13(12(16)5-9)18-21(19,20)10-3-1-8(7-17)11(15)6-10/h1-6,18H,7,17H2. The number of halogens is 3. The Labute approximate surface area is 137 Å². The summed E-state index contributed by atoms with van der Waals surface area (Å²) in [5, 5.41) is 0.914.